The number of pyridine rings is 1. The summed E-state index contributed by atoms with van der Waals surface area (Å²) in [4.78, 5) is 18.6. The monoisotopic (exact) mass is 477 g/mol. The van der Waals surface area contributed by atoms with Crippen LogP contribution in [0.4, 0.5) is 24.0 Å². The molecule has 0 N–H and O–H groups in total. The summed E-state index contributed by atoms with van der Waals surface area (Å²) in [6, 6.07) is 9.93. The Bertz CT molecular complexity index is 1270. The summed E-state index contributed by atoms with van der Waals surface area (Å²) in [6.07, 6.45) is -2.69. The summed E-state index contributed by atoms with van der Waals surface area (Å²) in [7, 11) is 0. The van der Waals surface area contributed by atoms with E-state index < -0.39 is 11.7 Å². The Labute approximate surface area is 190 Å². The molecule has 4 aromatic rings. The first-order valence-electron chi connectivity index (χ1n) is 9.65. The van der Waals surface area contributed by atoms with Gasteiger partial charge in [-0.15, -0.1) is 21.5 Å². The molecule has 1 amide bonds. The van der Waals surface area contributed by atoms with Crippen LogP contribution in [0.1, 0.15) is 30.7 Å². The van der Waals surface area contributed by atoms with Gasteiger partial charge in [-0.2, -0.15) is 13.2 Å². The Morgan fingerprint density at radius 1 is 1.19 bits per heavy atom. The second-order valence-electron chi connectivity index (χ2n) is 6.87. The minimum atomic E-state index is -4.45. The van der Waals surface area contributed by atoms with E-state index in [0.717, 1.165) is 29.9 Å². The predicted molar refractivity (Wildman–Crippen MR) is 118 cm³/mol. The summed E-state index contributed by atoms with van der Waals surface area (Å²) >= 11 is 2.56. The van der Waals surface area contributed by atoms with Crippen LogP contribution in [0.15, 0.2) is 53.1 Å². The molecular formula is C21H18F3N5OS2. The van der Waals surface area contributed by atoms with E-state index in [1.807, 2.05) is 36.6 Å². The van der Waals surface area contributed by atoms with Crippen molar-refractivity contribution in [1.82, 2.24) is 19.6 Å². The molecular weight excluding hydrogens is 459 g/mol. The fraction of sp³-hybridized carbons (Fsp3) is 0.238. The van der Waals surface area contributed by atoms with E-state index in [4.69, 9.17) is 0 Å². The average molecular weight is 478 g/mol. The van der Waals surface area contributed by atoms with E-state index in [1.165, 1.54) is 40.5 Å². The number of fused-ring (bicyclic) bond motifs is 1. The number of rotatable bonds is 6. The van der Waals surface area contributed by atoms with Gasteiger partial charge in [0.1, 0.15) is 0 Å². The van der Waals surface area contributed by atoms with Gasteiger partial charge in [0.15, 0.2) is 15.9 Å². The van der Waals surface area contributed by atoms with Crippen molar-refractivity contribution < 1.29 is 18.0 Å². The molecule has 0 bridgehead atoms. The topological polar surface area (TPSA) is 63.4 Å². The van der Waals surface area contributed by atoms with Gasteiger partial charge in [-0.25, -0.2) is 4.98 Å². The zero-order valence-corrected chi connectivity index (χ0v) is 18.8. The number of alkyl halides is 3. The highest BCUT2D eigenvalue weighted by Crippen LogP contribution is 2.34. The van der Waals surface area contributed by atoms with Gasteiger partial charge >= 0.3 is 6.18 Å². The molecule has 0 aliphatic rings. The smallest absolute Gasteiger partial charge is 0.277 e. The minimum absolute atomic E-state index is 0.150. The van der Waals surface area contributed by atoms with Gasteiger partial charge in [0.2, 0.25) is 5.91 Å². The van der Waals surface area contributed by atoms with Crippen LogP contribution in [0.25, 0.3) is 5.65 Å². The number of aromatic nitrogens is 4. The van der Waals surface area contributed by atoms with Crippen molar-refractivity contribution >= 4 is 45.5 Å². The third kappa shape index (κ3) is 4.49. The normalized spacial score (nSPS) is 11.8. The van der Waals surface area contributed by atoms with Crippen molar-refractivity contribution in [2.24, 2.45) is 0 Å². The molecule has 3 heterocycles. The first-order chi connectivity index (χ1) is 15.3. The number of hydrogen-bond donors (Lipinski definition) is 0. The lowest BCUT2D eigenvalue weighted by Crippen LogP contribution is -2.23. The average Bonchev–Trinajstić information content (AvgIpc) is 3.38. The number of aryl methyl sites for hydroxylation is 1. The van der Waals surface area contributed by atoms with Gasteiger partial charge in [0.25, 0.3) is 0 Å². The van der Waals surface area contributed by atoms with Gasteiger partial charge in [0, 0.05) is 24.3 Å². The molecule has 0 aliphatic carbocycles. The number of benzene rings is 1. The lowest BCUT2D eigenvalue weighted by atomic mass is 10.1. The number of hydrogen-bond acceptors (Lipinski definition) is 6. The fourth-order valence-corrected chi connectivity index (χ4v) is 4.97. The van der Waals surface area contributed by atoms with E-state index >= 15 is 0 Å². The molecule has 0 unspecified atom stereocenters. The van der Waals surface area contributed by atoms with Gasteiger partial charge in [0.05, 0.1) is 16.9 Å². The second-order valence-corrected chi connectivity index (χ2v) is 8.65. The second kappa shape index (κ2) is 8.91. The highest BCUT2D eigenvalue weighted by Gasteiger charge is 2.31. The van der Waals surface area contributed by atoms with Gasteiger partial charge in [-0.3, -0.25) is 14.1 Å². The highest BCUT2D eigenvalue weighted by molar-refractivity contribution is 7.98. The Balaban J connectivity index is 1.56. The molecule has 6 nitrogen and oxygen atoms in total. The van der Waals surface area contributed by atoms with Crippen molar-refractivity contribution in [3.05, 3.63) is 64.8 Å². The van der Waals surface area contributed by atoms with E-state index in [1.54, 1.807) is 4.90 Å². The molecule has 0 radical (unpaired) electrons. The Morgan fingerprint density at radius 3 is 2.69 bits per heavy atom. The summed E-state index contributed by atoms with van der Waals surface area (Å²) in [5.41, 5.74) is 2.08. The van der Waals surface area contributed by atoms with Gasteiger partial charge in [-0.1, -0.05) is 36.9 Å². The highest BCUT2D eigenvalue weighted by atomic mass is 32.2. The van der Waals surface area contributed by atoms with Crippen LogP contribution < -0.4 is 4.90 Å². The summed E-state index contributed by atoms with van der Waals surface area (Å²) < 4.78 is 40.4. The number of nitrogens with zero attached hydrogens (tertiary/aromatic N) is 5. The Morgan fingerprint density at radius 2 is 1.97 bits per heavy atom. The molecule has 0 aliphatic heterocycles. The zero-order valence-electron chi connectivity index (χ0n) is 17.1. The van der Waals surface area contributed by atoms with Crippen molar-refractivity contribution in [2.45, 2.75) is 37.4 Å². The standard InChI is InChI=1S/C21H18F3N5OS2/c1-3-14-6-4-5-7-17(14)29(13(2)30)19-25-16(11-31-19)12-32-20-27-26-18-9-8-15(10-28(18)20)21(22,23)24/h4-11H,3,12H2,1-2H3. The first-order valence-corrected chi connectivity index (χ1v) is 11.5. The number of halogens is 3. The van der Waals surface area contributed by atoms with Crippen molar-refractivity contribution in [3.63, 3.8) is 0 Å². The summed E-state index contributed by atoms with van der Waals surface area (Å²) in [5, 5.41) is 10.6. The number of para-hydroxylation sites is 1. The van der Waals surface area contributed by atoms with Crippen LogP contribution in [0.5, 0.6) is 0 Å². The first kappa shape index (κ1) is 22.3. The quantitative estimate of drug-likeness (QED) is 0.331. The maximum absolute atomic E-state index is 13.0. The van der Waals surface area contributed by atoms with Crippen LogP contribution in [0.3, 0.4) is 0 Å². The van der Waals surface area contributed by atoms with Crippen LogP contribution in [-0.2, 0) is 23.1 Å². The van der Waals surface area contributed by atoms with Crippen LogP contribution in [-0.4, -0.2) is 25.5 Å². The molecule has 0 fully saturated rings. The molecule has 0 spiro atoms. The van der Waals surface area contributed by atoms with Crippen LogP contribution in [0.2, 0.25) is 0 Å². The Hall–Kier alpha value is -2.92. The molecule has 3 aromatic heterocycles. The van der Waals surface area contributed by atoms with Crippen molar-refractivity contribution in [2.75, 3.05) is 4.90 Å². The third-order valence-corrected chi connectivity index (χ3v) is 6.56. The zero-order chi connectivity index (χ0) is 22.9. The van der Waals surface area contributed by atoms with Gasteiger partial charge < -0.3 is 0 Å². The maximum Gasteiger partial charge on any atom is 0.417 e. The molecule has 4 rings (SSSR count). The number of carbonyl (C=O) groups excluding carboxylic acids is 1. The Kier molecular flexibility index (Phi) is 6.20. The van der Waals surface area contributed by atoms with E-state index in [-0.39, 0.29) is 5.91 Å². The van der Waals surface area contributed by atoms with Crippen LogP contribution >= 0.6 is 23.1 Å². The number of anilines is 2. The maximum atomic E-state index is 13.0. The molecule has 1 aromatic carbocycles. The molecule has 0 saturated carbocycles. The van der Waals surface area contributed by atoms with Gasteiger partial charge in [-0.05, 0) is 30.2 Å². The van der Waals surface area contributed by atoms with Crippen molar-refractivity contribution in [1.29, 1.82) is 0 Å². The molecule has 11 heteroatoms. The van der Waals surface area contributed by atoms with E-state index in [9.17, 15) is 18.0 Å². The van der Waals surface area contributed by atoms with E-state index in [2.05, 4.69) is 15.2 Å². The van der Waals surface area contributed by atoms with Crippen molar-refractivity contribution in [3.8, 4) is 0 Å². The predicted octanol–water partition coefficient (Wildman–Crippen LogP) is 5.74. The minimum Gasteiger partial charge on any atom is -0.277 e. The summed E-state index contributed by atoms with van der Waals surface area (Å²) in [6.45, 7) is 3.51. The fourth-order valence-electron chi connectivity index (χ4n) is 3.17. The number of amides is 1. The molecule has 0 atom stereocenters. The molecule has 0 saturated heterocycles. The number of carbonyl (C=O) groups is 1. The number of thiazole rings is 1. The lowest BCUT2D eigenvalue weighted by molar-refractivity contribution is -0.137. The van der Waals surface area contributed by atoms with Crippen LogP contribution in [0, 0.1) is 0 Å². The number of thioether (sulfide) groups is 1. The SMILES string of the molecule is CCc1ccccc1N(C(C)=O)c1nc(CSc2nnc3ccc(C(F)(F)F)cn23)cs1. The van der Waals surface area contributed by atoms with E-state index in [0.29, 0.717) is 27.4 Å². The molecule has 32 heavy (non-hydrogen) atoms. The largest absolute Gasteiger partial charge is 0.417 e. The molecule has 166 valence electrons. The summed E-state index contributed by atoms with van der Waals surface area (Å²) in [5.74, 6) is 0.219. The lowest BCUT2D eigenvalue weighted by Gasteiger charge is -2.20. The third-order valence-electron chi connectivity index (χ3n) is 4.71.